The normalized spacial score (nSPS) is 11.4. The molecule has 9 aromatic carbocycles. The van der Waals surface area contributed by atoms with E-state index >= 15 is 0 Å². The van der Waals surface area contributed by atoms with Gasteiger partial charge in [-0.3, -0.25) is 4.98 Å². The highest BCUT2D eigenvalue weighted by atomic mass is 15.0. The van der Waals surface area contributed by atoms with Gasteiger partial charge in [-0.05, 0) is 100.0 Å². The number of nitrogens with zero attached hydrogens (tertiary/aromatic N) is 4. The average Bonchev–Trinajstić information content (AvgIpc) is 3.90. The Labute approximate surface area is 377 Å². The topological polar surface area (TPSA) is 46.5 Å². The van der Waals surface area contributed by atoms with Gasteiger partial charge in [-0.25, -0.2) is 0 Å². The van der Waals surface area contributed by atoms with Gasteiger partial charge in [0.1, 0.15) is 11.6 Å². The van der Waals surface area contributed by atoms with Crippen LogP contribution in [0.15, 0.2) is 224 Å². The van der Waals surface area contributed by atoms with E-state index in [1.54, 1.807) is 0 Å². The Balaban J connectivity index is 1.26. The first kappa shape index (κ1) is 37.9. The van der Waals surface area contributed by atoms with Gasteiger partial charge in [0.15, 0.2) is 0 Å². The molecule has 304 valence electrons. The predicted molar refractivity (Wildman–Crippen MR) is 270 cm³/mol. The molecule has 0 amide bonds. The lowest BCUT2D eigenvalue weighted by Crippen LogP contribution is -2.05. The van der Waals surface area contributed by atoms with Crippen LogP contribution in [-0.2, 0) is 0 Å². The summed E-state index contributed by atoms with van der Waals surface area (Å²) in [6.07, 6.45) is 0. The molecule has 0 aliphatic heterocycles. The Morgan fingerprint density at radius 1 is 0.354 bits per heavy atom. The van der Waals surface area contributed by atoms with E-state index in [0.717, 1.165) is 116 Å². The zero-order chi connectivity index (χ0) is 43.4. The molecular weight excluding hydrogens is 789 g/mol. The SMILES string of the molecule is Cc1cccc(-c2cc(-n3c4cccc(-c5ccccc5)c4c4c(-c5ccccc5)cccc43)c(C#N)c(-n3c4cccc(-c5ccccc5)c4c4c(-c5ccccc5)cccc43)c2)n1. The fraction of sp³-hybridized carbons (Fsp3) is 0.0164. The van der Waals surface area contributed by atoms with Crippen molar-refractivity contribution in [3.05, 3.63) is 236 Å². The van der Waals surface area contributed by atoms with E-state index in [-0.39, 0.29) is 0 Å². The molecule has 0 N–H and O–H groups in total. The third kappa shape index (κ3) is 6.17. The molecule has 3 heterocycles. The predicted octanol–water partition coefficient (Wildman–Crippen LogP) is 15.8. The van der Waals surface area contributed by atoms with Crippen LogP contribution in [0.3, 0.4) is 0 Å². The quantitative estimate of drug-likeness (QED) is 0.161. The van der Waals surface area contributed by atoms with Crippen molar-refractivity contribution in [1.29, 1.82) is 5.26 Å². The lowest BCUT2D eigenvalue weighted by Gasteiger charge is -2.18. The van der Waals surface area contributed by atoms with Gasteiger partial charge in [-0.15, -0.1) is 0 Å². The van der Waals surface area contributed by atoms with E-state index < -0.39 is 0 Å². The Bertz CT molecular complexity index is 3400. The number of rotatable bonds is 7. The van der Waals surface area contributed by atoms with Crippen molar-refractivity contribution in [2.45, 2.75) is 6.92 Å². The summed E-state index contributed by atoms with van der Waals surface area (Å²) in [5.74, 6) is 0. The van der Waals surface area contributed by atoms with Crippen LogP contribution in [0, 0.1) is 18.3 Å². The maximum absolute atomic E-state index is 11.8. The van der Waals surface area contributed by atoms with Crippen molar-refractivity contribution in [3.8, 4) is 73.2 Å². The molecule has 4 nitrogen and oxygen atoms in total. The van der Waals surface area contributed by atoms with Gasteiger partial charge in [0.2, 0.25) is 0 Å². The highest BCUT2D eigenvalue weighted by molar-refractivity contribution is 6.22. The first-order valence-electron chi connectivity index (χ1n) is 22.0. The van der Waals surface area contributed by atoms with Crippen LogP contribution in [0.25, 0.3) is 111 Å². The lowest BCUT2D eigenvalue weighted by atomic mass is 9.95. The number of hydrogen-bond donors (Lipinski definition) is 0. The number of hydrogen-bond acceptors (Lipinski definition) is 2. The van der Waals surface area contributed by atoms with E-state index in [1.807, 2.05) is 13.0 Å². The molecule has 0 aliphatic carbocycles. The van der Waals surface area contributed by atoms with Crippen LogP contribution in [0.1, 0.15) is 11.3 Å². The van der Waals surface area contributed by atoms with E-state index in [4.69, 9.17) is 4.98 Å². The second-order valence-electron chi connectivity index (χ2n) is 16.6. The number of aryl methyl sites for hydroxylation is 1. The third-order valence-corrected chi connectivity index (χ3v) is 12.8. The van der Waals surface area contributed by atoms with E-state index in [0.29, 0.717) is 5.56 Å². The number of fused-ring (bicyclic) bond motifs is 6. The molecule has 12 rings (SSSR count). The molecule has 0 aliphatic rings. The zero-order valence-corrected chi connectivity index (χ0v) is 35.7. The van der Waals surface area contributed by atoms with Crippen molar-refractivity contribution in [1.82, 2.24) is 14.1 Å². The molecule has 0 spiro atoms. The Morgan fingerprint density at radius 3 is 0.985 bits per heavy atom. The first-order chi connectivity index (χ1) is 32.2. The second kappa shape index (κ2) is 15.5. The molecular formula is C61H40N4. The minimum absolute atomic E-state index is 0.560. The highest BCUT2D eigenvalue weighted by Gasteiger charge is 2.26. The van der Waals surface area contributed by atoms with Crippen LogP contribution in [0.5, 0.6) is 0 Å². The zero-order valence-electron chi connectivity index (χ0n) is 35.7. The maximum Gasteiger partial charge on any atom is 0.104 e. The lowest BCUT2D eigenvalue weighted by molar-refractivity contribution is 1.11. The van der Waals surface area contributed by atoms with Crippen LogP contribution < -0.4 is 0 Å². The molecule has 12 aromatic rings. The number of pyridine rings is 1. The first-order valence-corrected chi connectivity index (χ1v) is 22.0. The summed E-state index contributed by atoms with van der Waals surface area (Å²) >= 11 is 0. The van der Waals surface area contributed by atoms with Crippen LogP contribution in [-0.4, -0.2) is 14.1 Å². The summed E-state index contributed by atoms with van der Waals surface area (Å²) in [4.78, 5) is 5.11. The summed E-state index contributed by atoms with van der Waals surface area (Å²) in [6, 6.07) is 82.1. The number of benzene rings is 9. The molecule has 0 atom stereocenters. The van der Waals surface area contributed by atoms with Crippen molar-refractivity contribution >= 4 is 43.6 Å². The van der Waals surface area contributed by atoms with Gasteiger partial charge in [-0.2, -0.15) is 5.26 Å². The Hall–Kier alpha value is -8.78. The molecule has 65 heavy (non-hydrogen) atoms. The van der Waals surface area contributed by atoms with Crippen LogP contribution in [0.4, 0.5) is 0 Å². The van der Waals surface area contributed by atoms with Crippen molar-refractivity contribution in [2.24, 2.45) is 0 Å². The molecule has 4 heteroatoms. The fourth-order valence-corrected chi connectivity index (χ4v) is 10.1. The Morgan fingerprint density at radius 2 is 0.677 bits per heavy atom. The van der Waals surface area contributed by atoms with Gasteiger partial charge in [0.25, 0.3) is 0 Å². The van der Waals surface area contributed by atoms with Crippen LogP contribution >= 0.6 is 0 Å². The van der Waals surface area contributed by atoms with Gasteiger partial charge < -0.3 is 9.13 Å². The van der Waals surface area contributed by atoms with Crippen molar-refractivity contribution < 1.29 is 0 Å². The standard InChI is InChI=1S/C61H40N4/c1-40-19-14-32-51(63-40)45-37-56(64-52-33-15-28-46(41-20-6-2-7-21-41)58(52)59-47(29-16-34-53(59)64)42-22-8-3-9-23-42)50(39-62)57(38-45)65-54-35-17-30-48(43-24-10-4-11-25-43)60(54)61-49(31-18-36-55(61)65)44-26-12-5-13-27-44/h2-38H,1H3. The molecule has 3 aromatic heterocycles. The average molecular weight is 829 g/mol. The number of nitriles is 1. The van der Waals surface area contributed by atoms with Gasteiger partial charge >= 0.3 is 0 Å². The van der Waals surface area contributed by atoms with Crippen LogP contribution in [0.2, 0.25) is 0 Å². The highest BCUT2D eigenvalue weighted by Crippen LogP contribution is 2.47. The molecule has 0 saturated heterocycles. The summed E-state index contributed by atoms with van der Waals surface area (Å²) in [5, 5.41) is 16.4. The fourth-order valence-electron chi connectivity index (χ4n) is 10.1. The summed E-state index contributed by atoms with van der Waals surface area (Å²) in [6.45, 7) is 2.03. The summed E-state index contributed by atoms with van der Waals surface area (Å²) in [7, 11) is 0. The van der Waals surface area contributed by atoms with E-state index in [1.165, 1.54) is 0 Å². The largest absolute Gasteiger partial charge is 0.308 e. The van der Waals surface area contributed by atoms with Gasteiger partial charge in [0.05, 0.1) is 39.1 Å². The van der Waals surface area contributed by atoms with E-state index in [9.17, 15) is 5.26 Å². The molecule has 0 saturated carbocycles. The molecule has 0 radical (unpaired) electrons. The molecule has 0 bridgehead atoms. The van der Waals surface area contributed by atoms with Crippen molar-refractivity contribution in [2.75, 3.05) is 0 Å². The number of aromatic nitrogens is 3. The second-order valence-corrected chi connectivity index (χ2v) is 16.6. The van der Waals surface area contributed by atoms with Crippen molar-refractivity contribution in [3.63, 3.8) is 0 Å². The minimum atomic E-state index is 0.560. The van der Waals surface area contributed by atoms with Gasteiger partial charge in [-0.1, -0.05) is 176 Å². The molecule has 0 fully saturated rings. The summed E-state index contributed by atoms with van der Waals surface area (Å²) < 4.78 is 4.65. The Kier molecular flexibility index (Phi) is 9.07. The molecule has 0 unspecified atom stereocenters. The monoisotopic (exact) mass is 828 g/mol. The summed E-state index contributed by atoms with van der Waals surface area (Å²) in [5.41, 5.74) is 17.9. The minimum Gasteiger partial charge on any atom is -0.308 e. The van der Waals surface area contributed by atoms with Gasteiger partial charge in [0, 0.05) is 32.8 Å². The third-order valence-electron chi connectivity index (χ3n) is 12.8. The maximum atomic E-state index is 11.8. The van der Waals surface area contributed by atoms with E-state index in [2.05, 4.69) is 234 Å². The smallest absolute Gasteiger partial charge is 0.104 e.